The number of methoxy groups -OCH3 is 1. The third kappa shape index (κ3) is 4.01. The average Bonchev–Trinajstić information content (AvgIpc) is 2.01. The largest absolute Gasteiger partial charge is 0.395 e. The van der Waals surface area contributed by atoms with Gasteiger partial charge in [0, 0.05) is 25.7 Å². The van der Waals surface area contributed by atoms with E-state index in [9.17, 15) is 0 Å². The van der Waals surface area contributed by atoms with E-state index in [1.165, 1.54) is 0 Å². The molecule has 0 rings (SSSR count). The van der Waals surface area contributed by atoms with Crippen LogP contribution < -0.4 is 5.73 Å². The number of ether oxygens (including phenoxy) is 1. The van der Waals surface area contributed by atoms with Gasteiger partial charge in [-0.1, -0.05) is 0 Å². The van der Waals surface area contributed by atoms with E-state index in [1.807, 2.05) is 18.9 Å². The van der Waals surface area contributed by atoms with E-state index in [1.54, 1.807) is 7.11 Å². The van der Waals surface area contributed by atoms with Gasteiger partial charge in [-0.25, -0.2) is 0 Å². The molecule has 0 amide bonds. The smallest absolute Gasteiger partial charge is 0.0601 e. The first-order valence-corrected chi connectivity index (χ1v) is 4.19. The van der Waals surface area contributed by atoms with Crippen LogP contribution in [0.25, 0.3) is 0 Å². The Morgan fingerprint density at radius 3 is 2.50 bits per heavy atom. The predicted octanol–water partition coefficient (Wildman–Crippen LogP) is -0.727. The van der Waals surface area contributed by atoms with Crippen molar-refractivity contribution in [1.82, 2.24) is 4.90 Å². The van der Waals surface area contributed by atoms with Crippen LogP contribution in [-0.2, 0) is 4.74 Å². The van der Waals surface area contributed by atoms with Crippen LogP contribution in [0.4, 0.5) is 0 Å². The zero-order valence-electron chi connectivity index (χ0n) is 8.16. The molecule has 2 unspecified atom stereocenters. The lowest BCUT2D eigenvalue weighted by atomic mass is 10.1. The van der Waals surface area contributed by atoms with Gasteiger partial charge in [-0.15, -0.1) is 0 Å². The molecule has 0 fully saturated rings. The molecule has 0 aromatic heterocycles. The number of rotatable bonds is 6. The van der Waals surface area contributed by atoms with Crippen LogP contribution in [0, 0.1) is 0 Å². The lowest BCUT2D eigenvalue weighted by Crippen LogP contribution is -2.47. The van der Waals surface area contributed by atoms with Gasteiger partial charge in [0.25, 0.3) is 0 Å². The molecule has 0 heterocycles. The summed E-state index contributed by atoms with van der Waals surface area (Å²) in [4.78, 5) is 2.01. The molecular formula is C8H20N2O2. The first-order chi connectivity index (χ1) is 5.63. The fraction of sp³-hybridized carbons (Fsp3) is 1.00. The minimum absolute atomic E-state index is 0.0168. The van der Waals surface area contributed by atoms with E-state index < -0.39 is 0 Å². The first kappa shape index (κ1) is 11.8. The molecule has 0 aromatic carbocycles. The van der Waals surface area contributed by atoms with Crippen molar-refractivity contribution in [3.05, 3.63) is 0 Å². The molecule has 0 spiro atoms. The highest BCUT2D eigenvalue weighted by Crippen LogP contribution is 1.98. The van der Waals surface area contributed by atoms with Gasteiger partial charge in [0.05, 0.1) is 13.2 Å². The van der Waals surface area contributed by atoms with Crippen molar-refractivity contribution in [2.24, 2.45) is 5.73 Å². The summed E-state index contributed by atoms with van der Waals surface area (Å²) < 4.78 is 4.92. The molecule has 0 aliphatic carbocycles. The second-order valence-electron chi connectivity index (χ2n) is 3.08. The Hall–Kier alpha value is -0.160. The molecule has 0 saturated carbocycles. The minimum Gasteiger partial charge on any atom is -0.395 e. The monoisotopic (exact) mass is 176 g/mol. The van der Waals surface area contributed by atoms with Crippen LogP contribution in [0.15, 0.2) is 0 Å². The van der Waals surface area contributed by atoms with Gasteiger partial charge >= 0.3 is 0 Å². The molecule has 0 aliphatic rings. The Labute approximate surface area is 74.3 Å². The Balaban J connectivity index is 3.77. The minimum atomic E-state index is -0.0168. The summed E-state index contributed by atoms with van der Waals surface area (Å²) in [7, 11) is 3.59. The van der Waals surface area contributed by atoms with Crippen molar-refractivity contribution < 1.29 is 9.84 Å². The summed E-state index contributed by atoms with van der Waals surface area (Å²) in [5.41, 5.74) is 5.68. The summed E-state index contributed by atoms with van der Waals surface area (Å²) in [6, 6.07) is 0.0111. The van der Waals surface area contributed by atoms with Crippen molar-refractivity contribution in [3.63, 3.8) is 0 Å². The number of nitrogens with two attached hydrogens (primary N) is 1. The average molecular weight is 176 g/mol. The lowest BCUT2D eigenvalue weighted by Gasteiger charge is -2.28. The normalized spacial score (nSPS) is 16.5. The number of aliphatic hydroxyl groups excluding tert-OH is 1. The number of likely N-dealkylation sites (N-methyl/N-ethyl adjacent to an activating group) is 1. The number of aliphatic hydroxyl groups is 1. The van der Waals surface area contributed by atoms with Crippen molar-refractivity contribution in [1.29, 1.82) is 0 Å². The second kappa shape index (κ2) is 6.37. The van der Waals surface area contributed by atoms with Gasteiger partial charge in [0.1, 0.15) is 0 Å². The van der Waals surface area contributed by atoms with E-state index in [4.69, 9.17) is 15.6 Å². The highest BCUT2D eigenvalue weighted by Gasteiger charge is 2.16. The van der Waals surface area contributed by atoms with Gasteiger partial charge < -0.3 is 15.6 Å². The maximum Gasteiger partial charge on any atom is 0.0601 e. The fourth-order valence-electron chi connectivity index (χ4n) is 1.11. The molecule has 0 radical (unpaired) electrons. The Morgan fingerprint density at radius 2 is 2.17 bits per heavy atom. The Morgan fingerprint density at radius 1 is 1.58 bits per heavy atom. The van der Waals surface area contributed by atoms with E-state index in [-0.39, 0.29) is 18.7 Å². The van der Waals surface area contributed by atoms with E-state index in [0.29, 0.717) is 6.61 Å². The quantitative estimate of drug-likeness (QED) is 0.560. The number of nitrogens with zero attached hydrogens (tertiary/aromatic N) is 1. The van der Waals surface area contributed by atoms with Gasteiger partial charge in [-0.3, -0.25) is 4.90 Å². The summed E-state index contributed by atoms with van der Waals surface area (Å²) >= 11 is 0. The van der Waals surface area contributed by atoms with Crippen molar-refractivity contribution in [2.75, 3.05) is 33.9 Å². The summed E-state index contributed by atoms with van der Waals surface area (Å²) in [6.45, 7) is 3.45. The van der Waals surface area contributed by atoms with Crippen LogP contribution in [0.1, 0.15) is 6.92 Å². The second-order valence-corrected chi connectivity index (χ2v) is 3.08. The molecular weight excluding hydrogens is 156 g/mol. The molecule has 74 valence electrons. The zero-order chi connectivity index (χ0) is 9.56. The van der Waals surface area contributed by atoms with Crippen LogP contribution in [0.2, 0.25) is 0 Å². The Kier molecular flexibility index (Phi) is 6.28. The summed E-state index contributed by atoms with van der Waals surface area (Å²) in [5.74, 6) is 0. The SMILES string of the molecule is COCCN(C)C(CO)C(C)N. The number of hydrogen-bond donors (Lipinski definition) is 2. The van der Waals surface area contributed by atoms with Crippen LogP contribution in [0.5, 0.6) is 0 Å². The van der Waals surface area contributed by atoms with Crippen LogP contribution in [0.3, 0.4) is 0 Å². The van der Waals surface area contributed by atoms with Gasteiger partial charge in [0.2, 0.25) is 0 Å². The summed E-state index contributed by atoms with van der Waals surface area (Å²) in [6.07, 6.45) is 0. The highest BCUT2D eigenvalue weighted by atomic mass is 16.5. The maximum atomic E-state index is 9.00. The third-order valence-corrected chi connectivity index (χ3v) is 2.01. The van der Waals surface area contributed by atoms with Crippen molar-refractivity contribution in [3.8, 4) is 0 Å². The molecule has 4 heteroatoms. The molecule has 0 aliphatic heterocycles. The summed E-state index contributed by atoms with van der Waals surface area (Å²) in [5, 5.41) is 9.00. The lowest BCUT2D eigenvalue weighted by molar-refractivity contribution is 0.0959. The third-order valence-electron chi connectivity index (χ3n) is 2.01. The van der Waals surface area contributed by atoms with Crippen LogP contribution >= 0.6 is 0 Å². The predicted molar refractivity (Wildman–Crippen MR) is 49.0 cm³/mol. The first-order valence-electron chi connectivity index (χ1n) is 4.19. The zero-order valence-corrected chi connectivity index (χ0v) is 8.16. The maximum absolute atomic E-state index is 9.00. The topological polar surface area (TPSA) is 58.7 Å². The van der Waals surface area contributed by atoms with Crippen molar-refractivity contribution in [2.45, 2.75) is 19.0 Å². The van der Waals surface area contributed by atoms with E-state index in [0.717, 1.165) is 6.54 Å². The van der Waals surface area contributed by atoms with Gasteiger partial charge in [-0.2, -0.15) is 0 Å². The fourth-order valence-corrected chi connectivity index (χ4v) is 1.11. The molecule has 0 bridgehead atoms. The molecule has 0 aromatic rings. The highest BCUT2D eigenvalue weighted by molar-refractivity contribution is 4.75. The van der Waals surface area contributed by atoms with Crippen molar-refractivity contribution >= 4 is 0 Å². The Bertz CT molecular complexity index is 109. The van der Waals surface area contributed by atoms with E-state index in [2.05, 4.69) is 0 Å². The van der Waals surface area contributed by atoms with Gasteiger partial charge in [-0.05, 0) is 14.0 Å². The molecule has 12 heavy (non-hydrogen) atoms. The standard InChI is InChI=1S/C8H20N2O2/c1-7(9)8(6-11)10(2)4-5-12-3/h7-8,11H,4-6,9H2,1-3H3. The molecule has 3 N–H and O–H groups in total. The number of hydrogen-bond acceptors (Lipinski definition) is 4. The van der Waals surface area contributed by atoms with Crippen LogP contribution in [-0.4, -0.2) is 56.0 Å². The molecule has 4 nitrogen and oxygen atoms in total. The van der Waals surface area contributed by atoms with E-state index >= 15 is 0 Å². The molecule has 0 saturated heterocycles. The van der Waals surface area contributed by atoms with Gasteiger partial charge in [0.15, 0.2) is 0 Å². The molecule has 2 atom stereocenters.